The molecule has 0 aromatic heterocycles. The molecular weight excluding hydrogens is 346 g/mol. The van der Waals surface area contributed by atoms with E-state index in [4.69, 9.17) is 10.5 Å². The minimum Gasteiger partial charge on any atom is -0.491 e. The molecule has 0 saturated heterocycles. The zero-order valence-electron chi connectivity index (χ0n) is 9.88. The van der Waals surface area contributed by atoms with Crippen molar-refractivity contribution in [3.8, 4) is 5.75 Å². The standard InChI is InChI=1S/C13H17Br2NO/c1-3-4-5-17-13-11(14)7-10(6-9(2)16)8-12(13)15/h3,7-9H,1,4-6,16H2,2H3. The van der Waals surface area contributed by atoms with Gasteiger partial charge in [0.05, 0.1) is 15.6 Å². The molecule has 1 unspecified atom stereocenters. The van der Waals surface area contributed by atoms with Crippen molar-refractivity contribution in [2.75, 3.05) is 6.61 Å². The van der Waals surface area contributed by atoms with E-state index in [1.165, 1.54) is 5.56 Å². The molecule has 0 radical (unpaired) electrons. The van der Waals surface area contributed by atoms with E-state index in [0.717, 1.165) is 27.5 Å². The zero-order chi connectivity index (χ0) is 12.8. The normalized spacial score (nSPS) is 12.2. The van der Waals surface area contributed by atoms with Crippen LogP contribution in [0.5, 0.6) is 5.75 Å². The molecule has 1 aromatic rings. The van der Waals surface area contributed by atoms with Crippen LogP contribution in [0.1, 0.15) is 18.9 Å². The first-order valence-corrected chi connectivity index (χ1v) is 7.10. The highest BCUT2D eigenvalue weighted by Gasteiger charge is 2.09. The van der Waals surface area contributed by atoms with E-state index in [2.05, 4.69) is 50.6 Å². The van der Waals surface area contributed by atoms with E-state index >= 15 is 0 Å². The van der Waals surface area contributed by atoms with Crippen molar-refractivity contribution in [1.29, 1.82) is 0 Å². The number of halogens is 2. The monoisotopic (exact) mass is 361 g/mol. The van der Waals surface area contributed by atoms with Crippen LogP contribution in [-0.2, 0) is 6.42 Å². The molecular formula is C13H17Br2NO. The SMILES string of the molecule is C=CCCOc1c(Br)cc(CC(C)N)cc1Br. The first-order valence-electron chi connectivity index (χ1n) is 5.51. The first-order chi connectivity index (χ1) is 8.04. The highest BCUT2D eigenvalue weighted by atomic mass is 79.9. The molecule has 17 heavy (non-hydrogen) atoms. The lowest BCUT2D eigenvalue weighted by molar-refractivity contribution is 0.321. The third-order valence-electron chi connectivity index (χ3n) is 2.18. The van der Waals surface area contributed by atoms with Crippen molar-refractivity contribution in [2.45, 2.75) is 25.8 Å². The van der Waals surface area contributed by atoms with Gasteiger partial charge in [-0.25, -0.2) is 0 Å². The fourth-order valence-electron chi connectivity index (χ4n) is 1.48. The first kappa shape index (κ1) is 14.7. The maximum atomic E-state index is 5.79. The summed E-state index contributed by atoms with van der Waals surface area (Å²) in [6.07, 6.45) is 3.52. The number of benzene rings is 1. The van der Waals surface area contributed by atoms with Crippen LogP contribution < -0.4 is 10.5 Å². The third-order valence-corrected chi connectivity index (χ3v) is 3.36. The molecule has 1 aromatic carbocycles. The van der Waals surface area contributed by atoms with Gasteiger partial charge in [0.2, 0.25) is 0 Å². The van der Waals surface area contributed by atoms with E-state index < -0.39 is 0 Å². The Morgan fingerprint density at radius 2 is 2.00 bits per heavy atom. The summed E-state index contributed by atoms with van der Waals surface area (Å²) in [7, 11) is 0. The summed E-state index contributed by atoms with van der Waals surface area (Å²) in [6.45, 7) is 6.29. The summed E-state index contributed by atoms with van der Waals surface area (Å²) >= 11 is 7.04. The van der Waals surface area contributed by atoms with E-state index in [1.54, 1.807) is 0 Å². The Balaban J connectivity index is 2.82. The molecule has 0 heterocycles. The van der Waals surface area contributed by atoms with Gasteiger partial charge in [-0.05, 0) is 69.3 Å². The van der Waals surface area contributed by atoms with Gasteiger partial charge in [-0.2, -0.15) is 0 Å². The lowest BCUT2D eigenvalue weighted by Crippen LogP contribution is -2.17. The molecule has 0 fully saturated rings. The second-order valence-electron chi connectivity index (χ2n) is 4.00. The molecule has 94 valence electrons. The van der Waals surface area contributed by atoms with Crippen LogP contribution in [0, 0.1) is 0 Å². The molecule has 0 aliphatic rings. The summed E-state index contributed by atoms with van der Waals surface area (Å²) < 4.78 is 7.57. The Morgan fingerprint density at radius 3 is 2.47 bits per heavy atom. The van der Waals surface area contributed by atoms with Gasteiger partial charge in [-0.3, -0.25) is 0 Å². The van der Waals surface area contributed by atoms with Gasteiger partial charge in [0, 0.05) is 6.04 Å². The number of hydrogen-bond donors (Lipinski definition) is 1. The minimum atomic E-state index is 0.154. The fraction of sp³-hybridized carbons (Fsp3) is 0.385. The number of rotatable bonds is 6. The third kappa shape index (κ3) is 4.82. The minimum absolute atomic E-state index is 0.154. The maximum absolute atomic E-state index is 5.79. The molecule has 0 saturated carbocycles. The molecule has 2 nitrogen and oxygen atoms in total. The van der Waals surface area contributed by atoms with Gasteiger partial charge in [0.1, 0.15) is 5.75 Å². The Bertz CT molecular complexity index is 368. The Morgan fingerprint density at radius 1 is 1.41 bits per heavy atom. The van der Waals surface area contributed by atoms with Crippen LogP contribution in [0.4, 0.5) is 0 Å². The summed E-state index contributed by atoms with van der Waals surface area (Å²) in [6, 6.07) is 4.26. The van der Waals surface area contributed by atoms with Gasteiger partial charge in [-0.15, -0.1) is 6.58 Å². The van der Waals surface area contributed by atoms with Crippen LogP contribution >= 0.6 is 31.9 Å². The molecule has 0 aliphatic heterocycles. The fourth-order valence-corrected chi connectivity index (χ4v) is 2.99. The molecule has 0 bridgehead atoms. The average Bonchev–Trinajstić information content (AvgIpc) is 2.21. The van der Waals surface area contributed by atoms with Crippen LogP contribution in [-0.4, -0.2) is 12.6 Å². The van der Waals surface area contributed by atoms with Crippen molar-refractivity contribution in [3.63, 3.8) is 0 Å². The second kappa shape index (κ2) is 7.19. The summed E-state index contributed by atoms with van der Waals surface area (Å²) in [4.78, 5) is 0. The van der Waals surface area contributed by atoms with Crippen LogP contribution in [0.25, 0.3) is 0 Å². The van der Waals surface area contributed by atoms with Crippen LogP contribution in [0.2, 0.25) is 0 Å². The van der Waals surface area contributed by atoms with Gasteiger partial charge < -0.3 is 10.5 Å². The van der Waals surface area contributed by atoms with Gasteiger partial charge >= 0.3 is 0 Å². The van der Waals surface area contributed by atoms with Crippen molar-refractivity contribution in [1.82, 2.24) is 0 Å². The van der Waals surface area contributed by atoms with E-state index in [0.29, 0.717) is 6.61 Å². The Hall–Kier alpha value is -0.320. The second-order valence-corrected chi connectivity index (χ2v) is 5.70. The molecule has 4 heteroatoms. The highest BCUT2D eigenvalue weighted by Crippen LogP contribution is 2.35. The number of nitrogens with two attached hydrogens (primary N) is 1. The number of hydrogen-bond acceptors (Lipinski definition) is 2. The summed E-state index contributed by atoms with van der Waals surface area (Å²) in [5.41, 5.74) is 6.98. The Labute approximate surface area is 119 Å². The van der Waals surface area contributed by atoms with Crippen LogP contribution in [0.3, 0.4) is 0 Å². The topological polar surface area (TPSA) is 35.2 Å². The zero-order valence-corrected chi connectivity index (χ0v) is 13.1. The van der Waals surface area contributed by atoms with Gasteiger partial charge in [0.25, 0.3) is 0 Å². The summed E-state index contributed by atoms with van der Waals surface area (Å²) in [5.74, 6) is 0.834. The van der Waals surface area contributed by atoms with Crippen molar-refractivity contribution in [3.05, 3.63) is 39.3 Å². The Kier molecular flexibility index (Phi) is 6.23. The molecule has 0 aliphatic carbocycles. The van der Waals surface area contributed by atoms with E-state index in [9.17, 15) is 0 Å². The highest BCUT2D eigenvalue weighted by molar-refractivity contribution is 9.11. The lowest BCUT2D eigenvalue weighted by atomic mass is 10.1. The van der Waals surface area contributed by atoms with Gasteiger partial charge in [-0.1, -0.05) is 6.08 Å². The largest absolute Gasteiger partial charge is 0.491 e. The van der Waals surface area contributed by atoms with Crippen molar-refractivity contribution < 1.29 is 4.74 Å². The quantitative estimate of drug-likeness (QED) is 0.611. The smallest absolute Gasteiger partial charge is 0.147 e. The average molecular weight is 363 g/mol. The molecule has 1 rings (SSSR count). The van der Waals surface area contributed by atoms with Crippen molar-refractivity contribution >= 4 is 31.9 Å². The van der Waals surface area contributed by atoms with Gasteiger partial charge in [0.15, 0.2) is 0 Å². The van der Waals surface area contributed by atoms with Crippen LogP contribution in [0.15, 0.2) is 33.7 Å². The molecule has 0 amide bonds. The van der Waals surface area contributed by atoms with E-state index in [1.807, 2.05) is 13.0 Å². The predicted molar refractivity (Wildman–Crippen MR) is 79.5 cm³/mol. The molecule has 2 N–H and O–H groups in total. The predicted octanol–water partition coefficient (Wildman–Crippen LogP) is 4.06. The van der Waals surface area contributed by atoms with E-state index in [-0.39, 0.29) is 6.04 Å². The maximum Gasteiger partial charge on any atom is 0.147 e. The number of ether oxygens (including phenoxy) is 1. The molecule has 0 spiro atoms. The van der Waals surface area contributed by atoms with Crippen molar-refractivity contribution in [2.24, 2.45) is 5.73 Å². The lowest BCUT2D eigenvalue weighted by Gasteiger charge is -2.12. The molecule has 1 atom stereocenters. The summed E-state index contributed by atoms with van der Waals surface area (Å²) in [5, 5.41) is 0.